The van der Waals surface area contributed by atoms with Crippen molar-refractivity contribution in [1.82, 2.24) is 4.90 Å². The molecule has 2 aliphatic heterocycles. The van der Waals surface area contributed by atoms with Gasteiger partial charge in [0, 0.05) is 65.0 Å². The van der Waals surface area contributed by atoms with Gasteiger partial charge in [0.25, 0.3) is 18.2 Å². The highest BCUT2D eigenvalue weighted by Crippen LogP contribution is 2.37. The summed E-state index contributed by atoms with van der Waals surface area (Å²) in [5, 5.41) is 31.9. The number of Topliss-reactive ketones (excluding diaryl/α,β-unsaturated/α-hetero) is 3. The van der Waals surface area contributed by atoms with Gasteiger partial charge in [-0.25, -0.2) is 0 Å². The lowest BCUT2D eigenvalue weighted by molar-refractivity contribution is -0.265. The molecule has 15 heteroatoms. The van der Waals surface area contributed by atoms with Crippen molar-refractivity contribution in [1.29, 1.82) is 0 Å². The molecule has 14 unspecified atom stereocenters. The predicted molar refractivity (Wildman–Crippen MR) is 258 cm³/mol. The number of amides is 1. The van der Waals surface area contributed by atoms with E-state index in [4.69, 9.17) is 33.5 Å². The van der Waals surface area contributed by atoms with E-state index >= 15 is 0 Å². The second-order valence-corrected chi connectivity index (χ2v) is 19.8. The lowest BCUT2D eigenvalue weighted by Gasteiger charge is -2.42. The highest BCUT2D eigenvalue weighted by Gasteiger charge is 2.51. The molecule has 0 bridgehead atoms. The number of hydrogen-bond acceptors (Lipinski definition) is 14. The third-order valence-electron chi connectivity index (χ3n) is 14.4. The third-order valence-corrected chi connectivity index (χ3v) is 14.4. The van der Waals surface area contributed by atoms with Gasteiger partial charge in [-0.15, -0.1) is 0 Å². The van der Waals surface area contributed by atoms with E-state index in [2.05, 4.69) is 0 Å². The monoisotopic (exact) mass is 960 g/mol. The Hall–Kier alpha value is -3.41. The van der Waals surface area contributed by atoms with Crippen LogP contribution < -0.4 is 0 Å². The van der Waals surface area contributed by atoms with Crippen LogP contribution >= 0.6 is 0 Å². The van der Waals surface area contributed by atoms with E-state index in [0.29, 0.717) is 50.8 Å². The van der Waals surface area contributed by atoms with Gasteiger partial charge in [-0.05, 0) is 107 Å². The summed E-state index contributed by atoms with van der Waals surface area (Å²) in [4.78, 5) is 66.5. The normalized spacial score (nSPS) is 27.8. The molecule has 3 aliphatic rings. The van der Waals surface area contributed by atoms with Crippen LogP contribution in [0.5, 0.6) is 0 Å². The first kappa shape index (κ1) is 58.9. The van der Waals surface area contributed by atoms with Crippen molar-refractivity contribution < 1.29 is 67.7 Å². The van der Waals surface area contributed by atoms with Gasteiger partial charge in [0.1, 0.15) is 24.1 Å². The number of likely N-dealkylation sites (tertiary alicyclic amines) is 1. The van der Waals surface area contributed by atoms with Gasteiger partial charge in [-0.3, -0.25) is 24.0 Å². The van der Waals surface area contributed by atoms with Gasteiger partial charge in [-0.1, -0.05) is 71.1 Å². The van der Waals surface area contributed by atoms with Crippen LogP contribution in [-0.4, -0.2) is 146 Å². The van der Waals surface area contributed by atoms with Crippen LogP contribution in [0.3, 0.4) is 0 Å². The van der Waals surface area contributed by atoms with Crippen molar-refractivity contribution in [2.45, 2.75) is 174 Å². The smallest absolute Gasteiger partial charge is 0.295 e. The molecule has 0 aromatic carbocycles. The summed E-state index contributed by atoms with van der Waals surface area (Å²) in [5.74, 6) is -5.54. The summed E-state index contributed by atoms with van der Waals surface area (Å²) in [6, 6.07) is 0. The lowest BCUT2D eigenvalue weighted by Crippen LogP contribution is -2.58. The fraction of sp³-hybridized carbons (Fsp3) is 0.755. The van der Waals surface area contributed by atoms with E-state index in [-0.39, 0.29) is 67.3 Å². The standard InChI is InChI=1S/C53H85NO14/c1-34(17-13-11-14-18-35(2)45(63-8)31-42-21-19-40(7)53(62,68-42)51(60)52(61)54-23-15-12-16-24-54)27-38(5)48(58)50(65-10)49(59)39(6)28-36(3)43(57)32-46(67-33-56)37(4)29-41-20-22-44(66-26-25-55)47(30-41)64-9/h11,13-14,17-18,28,33-34,36-38,40-42,44-47,49-50,55,59,62H,12,15-16,19-27,29-32H2,1-10H3. The number of ketones is 3. The maximum atomic E-state index is 13.6. The van der Waals surface area contributed by atoms with Crippen LogP contribution in [0.15, 0.2) is 47.6 Å². The number of carbonyl (C=O) groups is 5. The number of aliphatic hydroxyl groups is 3. The van der Waals surface area contributed by atoms with Gasteiger partial charge in [0.2, 0.25) is 5.79 Å². The molecule has 2 saturated heterocycles. The van der Waals surface area contributed by atoms with Gasteiger partial charge in [-0.2, -0.15) is 0 Å². The largest absolute Gasteiger partial charge is 0.464 e. The number of hydrogen-bond donors (Lipinski definition) is 3. The van der Waals surface area contributed by atoms with Crippen LogP contribution in [-0.2, 0) is 52.4 Å². The Morgan fingerprint density at radius 3 is 2.22 bits per heavy atom. The summed E-state index contributed by atoms with van der Waals surface area (Å²) in [6.45, 7) is 14.5. The van der Waals surface area contributed by atoms with E-state index in [9.17, 15) is 34.2 Å². The van der Waals surface area contributed by atoms with E-state index in [1.165, 1.54) is 12.0 Å². The molecule has 1 amide bonds. The number of carbonyl (C=O) groups excluding carboxylic acids is 5. The first-order chi connectivity index (χ1) is 32.3. The molecule has 0 aromatic heterocycles. The summed E-state index contributed by atoms with van der Waals surface area (Å²) >= 11 is 0. The van der Waals surface area contributed by atoms with E-state index in [1.807, 2.05) is 58.1 Å². The van der Waals surface area contributed by atoms with E-state index < -0.39 is 59.6 Å². The zero-order valence-corrected chi connectivity index (χ0v) is 42.6. The molecular formula is C53H85NO14. The average molecular weight is 960 g/mol. The molecule has 14 atom stereocenters. The average Bonchev–Trinajstić information content (AvgIpc) is 3.33. The maximum Gasteiger partial charge on any atom is 0.295 e. The number of ether oxygens (including phenoxy) is 6. The molecule has 0 aromatic rings. The minimum Gasteiger partial charge on any atom is -0.464 e. The minimum absolute atomic E-state index is 0.00672. The predicted octanol–water partition coefficient (Wildman–Crippen LogP) is 6.44. The third kappa shape index (κ3) is 17.5. The summed E-state index contributed by atoms with van der Waals surface area (Å²) in [6.07, 6.45) is 15.1. The fourth-order valence-corrected chi connectivity index (χ4v) is 10.1. The van der Waals surface area contributed by atoms with Crippen molar-refractivity contribution >= 4 is 29.7 Å². The Morgan fingerprint density at radius 1 is 0.882 bits per heavy atom. The lowest BCUT2D eigenvalue weighted by atomic mass is 9.78. The van der Waals surface area contributed by atoms with Crippen molar-refractivity contribution in [3.63, 3.8) is 0 Å². The summed E-state index contributed by atoms with van der Waals surface area (Å²) in [5.41, 5.74) is 1.34. The second kappa shape index (κ2) is 29.7. The van der Waals surface area contributed by atoms with Crippen molar-refractivity contribution in [2.75, 3.05) is 47.6 Å². The fourth-order valence-electron chi connectivity index (χ4n) is 10.1. The Kier molecular flexibility index (Phi) is 25.7. The molecule has 386 valence electrons. The number of nitrogens with zero attached hydrogens (tertiary/aromatic N) is 1. The number of methoxy groups -OCH3 is 3. The quantitative estimate of drug-likeness (QED) is 0.0320. The first-order valence-electron chi connectivity index (χ1n) is 24.9. The Bertz CT molecular complexity index is 1720. The molecule has 3 N–H and O–H groups in total. The number of piperidine rings is 1. The second-order valence-electron chi connectivity index (χ2n) is 19.8. The van der Waals surface area contributed by atoms with Crippen LogP contribution in [0.2, 0.25) is 0 Å². The molecule has 2 heterocycles. The van der Waals surface area contributed by atoms with Gasteiger partial charge < -0.3 is 48.6 Å². The van der Waals surface area contributed by atoms with E-state index in [0.717, 1.165) is 50.5 Å². The number of rotatable bonds is 29. The van der Waals surface area contributed by atoms with Gasteiger partial charge in [0.15, 0.2) is 5.78 Å². The van der Waals surface area contributed by atoms with Crippen molar-refractivity contribution in [2.24, 2.45) is 35.5 Å². The molecule has 15 nitrogen and oxygen atoms in total. The van der Waals surface area contributed by atoms with Crippen molar-refractivity contribution in [3.05, 3.63) is 47.6 Å². The Morgan fingerprint density at radius 2 is 1.59 bits per heavy atom. The topological polar surface area (TPSA) is 205 Å². The molecule has 3 rings (SSSR count). The van der Waals surface area contributed by atoms with Crippen LogP contribution in [0, 0.1) is 35.5 Å². The molecule has 68 heavy (non-hydrogen) atoms. The van der Waals surface area contributed by atoms with Crippen LogP contribution in [0.25, 0.3) is 0 Å². The Balaban J connectivity index is 1.51. The molecule has 1 saturated carbocycles. The Labute approximate surface area is 406 Å². The molecule has 3 fully saturated rings. The molecule has 1 aliphatic carbocycles. The summed E-state index contributed by atoms with van der Waals surface area (Å²) in [7, 11) is 4.63. The first-order valence-corrected chi connectivity index (χ1v) is 24.9. The highest BCUT2D eigenvalue weighted by molar-refractivity contribution is 6.38. The summed E-state index contributed by atoms with van der Waals surface area (Å²) < 4.78 is 34.2. The highest BCUT2D eigenvalue weighted by atomic mass is 16.6. The van der Waals surface area contributed by atoms with Crippen LogP contribution in [0.4, 0.5) is 0 Å². The zero-order chi connectivity index (χ0) is 50.6. The van der Waals surface area contributed by atoms with Gasteiger partial charge >= 0.3 is 0 Å². The van der Waals surface area contributed by atoms with Crippen molar-refractivity contribution in [3.8, 4) is 0 Å². The van der Waals surface area contributed by atoms with Gasteiger partial charge in [0.05, 0.1) is 37.6 Å². The molecule has 0 spiro atoms. The minimum atomic E-state index is -2.17. The SMILES string of the molecule is COC(CC1CCC(C)C(O)(C(=O)C(=O)N2CCCCC2)O1)C(C)=CC=CC=CC(C)CC(C)C(=O)C(OC)C(O)C(C)=CC(C)C(=O)CC(OC=O)C(C)CC1CCC(OCCO)C(OC)C1. The van der Waals surface area contributed by atoms with E-state index in [1.54, 1.807) is 41.1 Å². The number of aliphatic hydroxyl groups excluding tert-OH is 2. The molecule has 0 radical (unpaired) electrons. The van der Waals surface area contributed by atoms with Crippen LogP contribution in [0.1, 0.15) is 126 Å². The molecular weight excluding hydrogens is 875 g/mol. The zero-order valence-electron chi connectivity index (χ0n) is 42.6. The number of allylic oxidation sites excluding steroid dienone is 6. The maximum absolute atomic E-state index is 13.6.